The van der Waals surface area contributed by atoms with Crippen LogP contribution in [-0.2, 0) is 5.41 Å². The third kappa shape index (κ3) is 4.94. The van der Waals surface area contributed by atoms with Crippen LogP contribution in [-0.4, -0.2) is 4.57 Å². The summed E-state index contributed by atoms with van der Waals surface area (Å²) in [6.07, 6.45) is 0. The summed E-state index contributed by atoms with van der Waals surface area (Å²) < 4.78 is 2.39. The number of aromatic nitrogens is 1. The van der Waals surface area contributed by atoms with Gasteiger partial charge < -0.3 is 9.47 Å². The number of anilines is 3. The van der Waals surface area contributed by atoms with Gasteiger partial charge in [-0.1, -0.05) is 147 Å². The van der Waals surface area contributed by atoms with E-state index in [4.69, 9.17) is 0 Å². The minimum absolute atomic E-state index is 0.114. The van der Waals surface area contributed by atoms with E-state index in [0.717, 1.165) is 22.7 Å². The van der Waals surface area contributed by atoms with Crippen LogP contribution < -0.4 is 4.90 Å². The maximum absolute atomic E-state index is 2.46. The van der Waals surface area contributed by atoms with Crippen molar-refractivity contribution in [3.05, 3.63) is 205 Å². The Kier molecular flexibility index (Phi) is 7.19. The zero-order valence-corrected chi connectivity index (χ0v) is 29.9. The standard InChI is InChI=1S/C51H38N2/c1-51(2)45-26-14-12-23-41(45)42-31-30-39(34-46(42)51)52(37-19-8-4-9-20-37)49-28-16-25-40(35-17-6-3-7-18-35)50(49)36-29-32-48-44(33-36)43-24-13-15-27-47(43)53(48)38-21-10-5-11-22-38/h3-34H,1-2H3. The lowest BCUT2D eigenvalue weighted by molar-refractivity contribution is 0.660. The van der Waals surface area contributed by atoms with Crippen LogP contribution in [0, 0.1) is 0 Å². The van der Waals surface area contributed by atoms with Gasteiger partial charge in [0, 0.05) is 38.8 Å². The molecule has 0 atom stereocenters. The molecule has 0 unspecified atom stereocenters. The van der Waals surface area contributed by atoms with E-state index in [1.165, 1.54) is 66.3 Å². The molecule has 0 spiro atoms. The van der Waals surface area contributed by atoms with E-state index in [9.17, 15) is 0 Å². The zero-order chi connectivity index (χ0) is 35.5. The van der Waals surface area contributed by atoms with Crippen molar-refractivity contribution in [2.24, 2.45) is 0 Å². The van der Waals surface area contributed by atoms with Crippen molar-refractivity contribution in [1.29, 1.82) is 0 Å². The van der Waals surface area contributed by atoms with Crippen molar-refractivity contribution in [3.63, 3.8) is 0 Å². The van der Waals surface area contributed by atoms with E-state index in [1.54, 1.807) is 0 Å². The van der Waals surface area contributed by atoms with Gasteiger partial charge in [0.05, 0.1) is 16.7 Å². The van der Waals surface area contributed by atoms with Gasteiger partial charge in [0.1, 0.15) is 0 Å². The Morgan fingerprint density at radius 2 is 1.06 bits per heavy atom. The molecule has 0 N–H and O–H groups in total. The highest BCUT2D eigenvalue weighted by atomic mass is 15.1. The molecule has 0 radical (unpaired) electrons. The Bertz CT molecular complexity index is 2790. The van der Waals surface area contributed by atoms with Crippen LogP contribution in [0.3, 0.4) is 0 Å². The Morgan fingerprint density at radius 3 is 1.87 bits per heavy atom. The molecule has 1 aliphatic carbocycles. The van der Waals surface area contributed by atoms with E-state index in [2.05, 4.69) is 217 Å². The molecule has 2 heteroatoms. The van der Waals surface area contributed by atoms with Gasteiger partial charge >= 0.3 is 0 Å². The summed E-state index contributed by atoms with van der Waals surface area (Å²) in [5, 5.41) is 2.48. The van der Waals surface area contributed by atoms with Crippen molar-refractivity contribution in [1.82, 2.24) is 4.57 Å². The molecule has 8 aromatic carbocycles. The molecule has 53 heavy (non-hydrogen) atoms. The van der Waals surface area contributed by atoms with Crippen molar-refractivity contribution in [3.8, 4) is 39.1 Å². The maximum Gasteiger partial charge on any atom is 0.0546 e. The molecular weight excluding hydrogens is 641 g/mol. The van der Waals surface area contributed by atoms with Crippen LogP contribution in [0.4, 0.5) is 17.1 Å². The van der Waals surface area contributed by atoms with Crippen LogP contribution in [0.5, 0.6) is 0 Å². The summed E-state index contributed by atoms with van der Waals surface area (Å²) in [6.45, 7) is 4.72. The first-order valence-corrected chi connectivity index (χ1v) is 18.4. The second kappa shape index (κ2) is 12.3. The lowest BCUT2D eigenvalue weighted by Gasteiger charge is -2.30. The largest absolute Gasteiger partial charge is 0.310 e. The fourth-order valence-electron chi connectivity index (χ4n) is 8.71. The summed E-state index contributed by atoms with van der Waals surface area (Å²) in [6, 6.07) is 70.9. The Balaban J connectivity index is 1.25. The summed E-state index contributed by atoms with van der Waals surface area (Å²) in [5.74, 6) is 0. The molecule has 2 nitrogen and oxygen atoms in total. The van der Waals surface area contributed by atoms with Crippen molar-refractivity contribution < 1.29 is 0 Å². The number of hydrogen-bond acceptors (Lipinski definition) is 1. The van der Waals surface area contributed by atoms with E-state index in [0.29, 0.717) is 0 Å². The second-order valence-electron chi connectivity index (χ2n) is 14.6. The average molecular weight is 679 g/mol. The highest BCUT2D eigenvalue weighted by Gasteiger charge is 2.36. The van der Waals surface area contributed by atoms with Gasteiger partial charge in [-0.25, -0.2) is 0 Å². The maximum atomic E-state index is 2.46. The number of hydrogen-bond donors (Lipinski definition) is 0. The first-order valence-electron chi connectivity index (χ1n) is 18.4. The van der Waals surface area contributed by atoms with Gasteiger partial charge in [-0.05, 0) is 99.6 Å². The molecule has 0 fully saturated rings. The molecule has 0 amide bonds. The number of nitrogens with zero attached hydrogens (tertiary/aromatic N) is 2. The number of fused-ring (bicyclic) bond motifs is 6. The highest BCUT2D eigenvalue weighted by Crippen LogP contribution is 2.52. The SMILES string of the molecule is CC1(C)c2ccccc2-c2ccc(N(c3ccccc3)c3cccc(-c4ccccc4)c3-c3ccc4c(c3)c3ccccc3n4-c3ccccc3)cc21. The molecule has 0 aliphatic heterocycles. The smallest absolute Gasteiger partial charge is 0.0546 e. The molecule has 0 bridgehead atoms. The Labute approximate surface area is 310 Å². The molecule has 10 rings (SSSR count). The van der Waals surface area contributed by atoms with E-state index >= 15 is 0 Å². The van der Waals surface area contributed by atoms with Crippen molar-refractivity contribution in [2.75, 3.05) is 4.90 Å². The molecule has 1 aliphatic rings. The van der Waals surface area contributed by atoms with E-state index in [-0.39, 0.29) is 5.41 Å². The van der Waals surface area contributed by atoms with Crippen LogP contribution in [0.1, 0.15) is 25.0 Å². The summed E-state index contributed by atoms with van der Waals surface area (Å²) in [7, 11) is 0. The van der Waals surface area contributed by atoms with Gasteiger partial charge in [0.25, 0.3) is 0 Å². The first-order chi connectivity index (χ1) is 26.1. The molecular formula is C51H38N2. The molecule has 9 aromatic rings. The van der Waals surface area contributed by atoms with E-state index in [1.807, 2.05) is 0 Å². The summed E-state index contributed by atoms with van der Waals surface area (Å²) >= 11 is 0. The lowest BCUT2D eigenvalue weighted by atomic mass is 9.82. The predicted molar refractivity (Wildman–Crippen MR) is 224 cm³/mol. The van der Waals surface area contributed by atoms with E-state index < -0.39 is 0 Å². The topological polar surface area (TPSA) is 8.17 Å². The molecule has 0 saturated heterocycles. The van der Waals surface area contributed by atoms with Gasteiger partial charge in [-0.2, -0.15) is 0 Å². The van der Waals surface area contributed by atoms with Crippen LogP contribution in [0.15, 0.2) is 194 Å². The van der Waals surface area contributed by atoms with Crippen LogP contribution in [0.25, 0.3) is 60.9 Å². The lowest BCUT2D eigenvalue weighted by Crippen LogP contribution is -2.17. The minimum Gasteiger partial charge on any atom is -0.310 e. The van der Waals surface area contributed by atoms with Crippen molar-refractivity contribution in [2.45, 2.75) is 19.3 Å². The number of benzene rings is 8. The molecule has 1 aromatic heterocycles. The zero-order valence-electron chi connectivity index (χ0n) is 29.9. The molecule has 1 heterocycles. The normalized spacial score (nSPS) is 12.9. The van der Waals surface area contributed by atoms with Gasteiger partial charge in [0.2, 0.25) is 0 Å². The third-order valence-electron chi connectivity index (χ3n) is 11.2. The van der Waals surface area contributed by atoms with Gasteiger partial charge in [-0.3, -0.25) is 0 Å². The number of para-hydroxylation sites is 3. The Hall–Kier alpha value is -6.64. The fraction of sp³-hybridized carbons (Fsp3) is 0.0588. The molecule has 0 saturated carbocycles. The van der Waals surface area contributed by atoms with Crippen LogP contribution >= 0.6 is 0 Å². The fourth-order valence-corrected chi connectivity index (χ4v) is 8.71. The monoisotopic (exact) mass is 678 g/mol. The summed E-state index contributed by atoms with van der Waals surface area (Å²) in [4.78, 5) is 2.46. The quantitative estimate of drug-likeness (QED) is 0.170. The summed E-state index contributed by atoms with van der Waals surface area (Å²) in [5.41, 5.74) is 17.0. The molecule has 252 valence electrons. The number of rotatable bonds is 6. The Morgan fingerprint density at radius 1 is 0.415 bits per heavy atom. The van der Waals surface area contributed by atoms with Crippen molar-refractivity contribution >= 4 is 38.9 Å². The minimum atomic E-state index is -0.114. The highest BCUT2D eigenvalue weighted by molar-refractivity contribution is 6.11. The average Bonchev–Trinajstić information content (AvgIpc) is 3.67. The van der Waals surface area contributed by atoms with Gasteiger partial charge in [-0.15, -0.1) is 0 Å². The predicted octanol–water partition coefficient (Wildman–Crippen LogP) is 13.9. The second-order valence-corrected chi connectivity index (χ2v) is 14.6. The third-order valence-corrected chi connectivity index (χ3v) is 11.2. The van der Waals surface area contributed by atoms with Gasteiger partial charge in [0.15, 0.2) is 0 Å². The first kappa shape index (κ1) is 31.1. The van der Waals surface area contributed by atoms with Crippen LogP contribution in [0.2, 0.25) is 0 Å².